The first-order chi connectivity index (χ1) is 15.4. The average molecular weight is 451 g/mol. The van der Waals surface area contributed by atoms with Crippen LogP contribution in [0.4, 0.5) is 4.39 Å². The summed E-state index contributed by atoms with van der Waals surface area (Å²) in [5, 5.41) is 17.5. The van der Waals surface area contributed by atoms with E-state index in [9.17, 15) is 14.0 Å². The number of para-hydroxylation sites is 1. The maximum absolute atomic E-state index is 14.4. The van der Waals surface area contributed by atoms with Crippen molar-refractivity contribution in [2.75, 3.05) is 12.4 Å². The second-order valence-corrected chi connectivity index (χ2v) is 7.44. The fourth-order valence-corrected chi connectivity index (χ4v) is 3.49. The maximum Gasteiger partial charge on any atom is 0.316 e. The summed E-state index contributed by atoms with van der Waals surface area (Å²) in [5.74, 6) is -1.72. The van der Waals surface area contributed by atoms with Crippen LogP contribution in [0.15, 0.2) is 71.0 Å². The number of esters is 1. The number of ketones is 1. The summed E-state index contributed by atoms with van der Waals surface area (Å²) >= 11 is 1.02. The van der Waals surface area contributed by atoms with Gasteiger partial charge >= 0.3 is 5.97 Å². The van der Waals surface area contributed by atoms with E-state index in [1.165, 1.54) is 13.0 Å². The molecule has 10 heteroatoms. The van der Waals surface area contributed by atoms with Crippen LogP contribution >= 0.6 is 11.8 Å². The molecule has 0 bridgehead atoms. The van der Waals surface area contributed by atoms with Gasteiger partial charge < -0.3 is 10.5 Å². The van der Waals surface area contributed by atoms with Gasteiger partial charge in [-0.2, -0.15) is 5.26 Å². The third kappa shape index (κ3) is 5.19. The topological polar surface area (TPSA) is 124 Å². The molecule has 1 heterocycles. The number of aromatic nitrogens is 3. The lowest BCUT2D eigenvalue weighted by Gasteiger charge is -2.10. The molecule has 0 saturated carbocycles. The Morgan fingerprint density at radius 3 is 2.50 bits per heavy atom. The number of thioether (sulfide) groups is 1. The molecule has 2 aromatic carbocycles. The van der Waals surface area contributed by atoms with Gasteiger partial charge in [-0.05, 0) is 31.2 Å². The number of rotatable bonds is 8. The number of hydrogen-bond donors (Lipinski definition) is 1. The van der Waals surface area contributed by atoms with E-state index in [-0.39, 0.29) is 28.4 Å². The average Bonchev–Trinajstić information content (AvgIpc) is 3.21. The highest BCUT2D eigenvalue weighted by Crippen LogP contribution is 2.29. The predicted molar refractivity (Wildman–Crippen MR) is 116 cm³/mol. The van der Waals surface area contributed by atoms with E-state index in [1.54, 1.807) is 41.0 Å². The van der Waals surface area contributed by atoms with Gasteiger partial charge in [0.2, 0.25) is 5.78 Å². The van der Waals surface area contributed by atoms with E-state index in [2.05, 4.69) is 10.2 Å². The first kappa shape index (κ1) is 22.7. The Hall–Kier alpha value is -3.97. The Morgan fingerprint density at radius 1 is 1.16 bits per heavy atom. The molecule has 0 aliphatic carbocycles. The summed E-state index contributed by atoms with van der Waals surface area (Å²) in [6.45, 7) is 0.820. The second kappa shape index (κ2) is 10.4. The largest absolute Gasteiger partial charge is 0.457 e. The van der Waals surface area contributed by atoms with Crippen LogP contribution < -0.4 is 5.73 Å². The third-order valence-corrected chi connectivity index (χ3v) is 5.13. The SMILES string of the molecule is C/C(N)=C(/C#N)C(=O)COC(=O)CSc1nnc(-c2ccccc2F)n1-c1ccccc1. The van der Waals surface area contributed by atoms with Gasteiger partial charge in [0.25, 0.3) is 0 Å². The highest BCUT2D eigenvalue weighted by molar-refractivity contribution is 7.99. The molecule has 0 amide bonds. The smallest absolute Gasteiger partial charge is 0.316 e. The Labute approximate surface area is 187 Å². The van der Waals surface area contributed by atoms with Crippen LogP contribution in [-0.4, -0.2) is 38.9 Å². The Bertz CT molecular complexity index is 1210. The van der Waals surface area contributed by atoms with Crippen LogP contribution in [0.25, 0.3) is 17.1 Å². The fraction of sp³-hybridized carbons (Fsp3) is 0.136. The lowest BCUT2D eigenvalue weighted by atomic mass is 10.1. The molecular formula is C22H18FN5O3S. The summed E-state index contributed by atoms with van der Waals surface area (Å²) in [6, 6.07) is 16.9. The zero-order valence-corrected chi connectivity index (χ0v) is 17.8. The van der Waals surface area contributed by atoms with Gasteiger partial charge in [0.05, 0.1) is 11.3 Å². The number of benzene rings is 2. The molecule has 3 aromatic rings. The van der Waals surface area contributed by atoms with Gasteiger partial charge in [-0.1, -0.05) is 42.1 Å². The van der Waals surface area contributed by atoms with Crippen molar-refractivity contribution in [1.29, 1.82) is 5.26 Å². The number of halogens is 1. The summed E-state index contributed by atoms with van der Waals surface area (Å²) in [7, 11) is 0. The standard InChI is InChI=1S/C22H18FN5O3S/c1-14(25)17(11-24)19(29)12-31-20(30)13-32-22-27-26-21(16-9-5-6-10-18(16)23)28(22)15-7-3-2-4-8-15/h2-10H,12-13,25H2,1H3/b17-14+. The van der Waals surface area contributed by atoms with Crippen molar-refractivity contribution in [3.63, 3.8) is 0 Å². The number of allylic oxidation sites excluding steroid dienone is 1. The zero-order chi connectivity index (χ0) is 23.1. The molecule has 162 valence electrons. The van der Waals surface area contributed by atoms with E-state index in [0.29, 0.717) is 10.8 Å². The van der Waals surface area contributed by atoms with Gasteiger partial charge in [-0.15, -0.1) is 10.2 Å². The van der Waals surface area contributed by atoms with Crippen molar-refractivity contribution in [3.8, 4) is 23.1 Å². The third-order valence-electron chi connectivity index (χ3n) is 4.23. The van der Waals surface area contributed by atoms with Crippen molar-refractivity contribution in [2.24, 2.45) is 5.73 Å². The van der Waals surface area contributed by atoms with Crippen LogP contribution in [-0.2, 0) is 14.3 Å². The van der Waals surface area contributed by atoms with Crippen molar-refractivity contribution < 1.29 is 18.7 Å². The van der Waals surface area contributed by atoms with Gasteiger partial charge in [-0.3, -0.25) is 14.2 Å². The number of ether oxygens (including phenoxy) is 1. The quantitative estimate of drug-likeness (QED) is 0.240. The molecule has 0 saturated heterocycles. The minimum absolute atomic E-state index is 0.0551. The van der Waals surface area contributed by atoms with Crippen molar-refractivity contribution in [2.45, 2.75) is 12.1 Å². The Kier molecular flexibility index (Phi) is 7.36. The highest BCUT2D eigenvalue weighted by atomic mass is 32.2. The molecule has 2 N–H and O–H groups in total. The number of hydrogen-bond acceptors (Lipinski definition) is 8. The molecule has 1 aromatic heterocycles. The molecule has 0 unspecified atom stereocenters. The number of nitriles is 1. The number of nitrogens with two attached hydrogens (primary N) is 1. The maximum atomic E-state index is 14.4. The van der Waals surface area contributed by atoms with Crippen LogP contribution in [0, 0.1) is 17.1 Å². The van der Waals surface area contributed by atoms with Crippen molar-refractivity contribution >= 4 is 23.5 Å². The Balaban J connectivity index is 1.78. The number of nitrogens with zero attached hydrogens (tertiary/aromatic N) is 4. The van der Waals surface area contributed by atoms with Crippen LogP contribution in [0.1, 0.15) is 6.92 Å². The molecule has 0 aliphatic rings. The first-order valence-corrected chi connectivity index (χ1v) is 10.3. The molecule has 32 heavy (non-hydrogen) atoms. The lowest BCUT2D eigenvalue weighted by Crippen LogP contribution is -2.18. The molecule has 0 fully saturated rings. The Morgan fingerprint density at radius 2 is 1.84 bits per heavy atom. The predicted octanol–water partition coefficient (Wildman–Crippen LogP) is 3.03. The van der Waals surface area contributed by atoms with Crippen molar-refractivity contribution in [3.05, 3.63) is 71.7 Å². The van der Waals surface area contributed by atoms with Gasteiger partial charge in [0.15, 0.2) is 17.6 Å². The normalized spacial score (nSPS) is 11.4. The number of carbonyl (C=O) groups excluding carboxylic acids is 2. The minimum atomic E-state index is -0.689. The van der Waals surface area contributed by atoms with Gasteiger partial charge in [0.1, 0.15) is 17.5 Å². The van der Waals surface area contributed by atoms with Crippen LogP contribution in [0.5, 0.6) is 0 Å². The summed E-state index contributed by atoms with van der Waals surface area (Å²) < 4.78 is 21.0. The van der Waals surface area contributed by atoms with E-state index in [4.69, 9.17) is 15.7 Å². The van der Waals surface area contributed by atoms with Crippen LogP contribution in [0.2, 0.25) is 0 Å². The molecule has 0 atom stereocenters. The number of carbonyl (C=O) groups is 2. The van der Waals surface area contributed by atoms with E-state index in [1.807, 2.05) is 18.2 Å². The summed E-state index contributed by atoms with van der Waals surface area (Å²) in [6.07, 6.45) is 0. The molecule has 0 radical (unpaired) electrons. The van der Waals surface area contributed by atoms with E-state index < -0.39 is 24.2 Å². The highest BCUT2D eigenvalue weighted by Gasteiger charge is 2.20. The summed E-state index contributed by atoms with van der Waals surface area (Å²) in [5.41, 5.74) is 6.22. The zero-order valence-electron chi connectivity index (χ0n) is 17.0. The molecule has 0 spiro atoms. The van der Waals surface area contributed by atoms with E-state index >= 15 is 0 Å². The monoisotopic (exact) mass is 451 g/mol. The lowest BCUT2D eigenvalue weighted by molar-refractivity contribution is -0.144. The summed E-state index contributed by atoms with van der Waals surface area (Å²) in [4.78, 5) is 24.1. The fourth-order valence-electron chi connectivity index (χ4n) is 2.74. The molecule has 8 nitrogen and oxygen atoms in total. The number of Topliss-reactive ketones (excluding diaryl/α,β-unsaturated/α-hetero) is 1. The van der Waals surface area contributed by atoms with Crippen molar-refractivity contribution in [1.82, 2.24) is 14.8 Å². The van der Waals surface area contributed by atoms with E-state index in [0.717, 1.165) is 11.8 Å². The van der Waals surface area contributed by atoms with Crippen LogP contribution in [0.3, 0.4) is 0 Å². The van der Waals surface area contributed by atoms with Gasteiger partial charge in [0, 0.05) is 11.4 Å². The molecule has 3 rings (SSSR count). The first-order valence-electron chi connectivity index (χ1n) is 9.36. The second-order valence-electron chi connectivity index (χ2n) is 6.50. The minimum Gasteiger partial charge on any atom is -0.457 e. The van der Waals surface area contributed by atoms with Gasteiger partial charge in [-0.25, -0.2) is 4.39 Å². The molecular weight excluding hydrogens is 433 g/mol. The molecule has 0 aliphatic heterocycles.